The maximum absolute atomic E-state index is 12.7. The number of benzene rings is 1. The number of carbonyl (C=O) groups excluding carboxylic acids is 1. The molecule has 6 nitrogen and oxygen atoms in total. The molecule has 0 saturated carbocycles. The number of carbonyl (C=O) groups is 1. The van der Waals surface area contributed by atoms with Crippen molar-refractivity contribution in [3.05, 3.63) is 29.8 Å². The SMILES string of the molecule is COCCCC1CCCCN1C(=O)c1ccc(S(N)(=O)=O)cc1. The fraction of sp³-hybridized carbons (Fsp3) is 0.562. The Hall–Kier alpha value is -1.44. The van der Waals surface area contributed by atoms with Crippen LogP contribution in [-0.4, -0.2) is 45.5 Å². The van der Waals surface area contributed by atoms with Crippen LogP contribution in [0.2, 0.25) is 0 Å². The molecule has 128 valence electrons. The molecule has 1 saturated heterocycles. The largest absolute Gasteiger partial charge is 0.385 e. The average Bonchev–Trinajstić information content (AvgIpc) is 2.54. The van der Waals surface area contributed by atoms with Crippen molar-refractivity contribution in [2.75, 3.05) is 20.3 Å². The highest BCUT2D eigenvalue weighted by Gasteiger charge is 2.27. The first-order valence-corrected chi connectivity index (χ1v) is 9.41. The van der Waals surface area contributed by atoms with Crippen LogP contribution in [0.5, 0.6) is 0 Å². The summed E-state index contributed by atoms with van der Waals surface area (Å²) in [5, 5.41) is 5.08. The smallest absolute Gasteiger partial charge is 0.254 e. The second-order valence-electron chi connectivity index (χ2n) is 5.85. The van der Waals surface area contributed by atoms with Gasteiger partial charge < -0.3 is 9.64 Å². The number of hydrogen-bond acceptors (Lipinski definition) is 4. The molecule has 1 unspecified atom stereocenters. The lowest BCUT2D eigenvalue weighted by molar-refractivity contribution is 0.0585. The maximum Gasteiger partial charge on any atom is 0.254 e. The molecule has 1 amide bonds. The number of methoxy groups -OCH3 is 1. The first-order valence-electron chi connectivity index (χ1n) is 7.86. The Morgan fingerprint density at radius 1 is 1.30 bits per heavy atom. The van der Waals surface area contributed by atoms with Gasteiger partial charge in [0.2, 0.25) is 10.0 Å². The van der Waals surface area contributed by atoms with E-state index in [0.717, 1.165) is 38.6 Å². The van der Waals surface area contributed by atoms with Crippen LogP contribution in [0.15, 0.2) is 29.2 Å². The molecule has 0 bridgehead atoms. The quantitative estimate of drug-likeness (QED) is 0.799. The molecule has 0 spiro atoms. The number of likely N-dealkylation sites (tertiary alicyclic amines) is 1. The van der Waals surface area contributed by atoms with Crippen LogP contribution in [0.4, 0.5) is 0 Å². The van der Waals surface area contributed by atoms with E-state index in [2.05, 4.69) is 0 Å². The highest BCUT2D eigenvalue weighted by atomic mass is 32.2. The molecule has 1 heterocycles. The Kier molecular flexibility index (Phi) is 6.15. The summed E-state index contributed by atoms with van der Waals surface area (Å²) in [7, 11) is -2.06. The molecule has 1 atom stereocenters. The van der Waals surface area contributed by atoms with Crippen LogP contribution in [0.3, 0.4) is 0 Å². The molecular formula is C16H24N2O4S. The maximum atomic E-state index is 12.7. The van der Waals surface area contributed by atoms with Crippen LogP contribution in [0.25, 0.3) is 0 Å². The molecule has 1 aliphatic rings. The molecule has 1 fully saturated rings. The molecule has 1 aromatic rings. The van der Waals surface area contributed by atoms with Crippen molar-refractivity contribution in [1.29, 1.82) is 0 Å². The number of amides is 1. The van der Waals surface area contributed by atoms with Crippen molar-refractivity contribution >= 4 is 15.9 Å². The Bertz CT molecular complexity index is 628. The predicted molar refractivity (Wildman–Crippen MR) is 87.6 cm³/mol. The van der Waals surface area contributed by atoms with E-state index in [0.29, 0.717) is 12.2 Å². The van der Waals surface area contributed by atoms with Gasteiger partial charge in [-0.25, -0.2) is 13.6 Å². The van der Waals surface area contributed by atoms with Gasteiger partial charge in [0.05, 0.1) is 4.90 Å². The van der Waals surface area contributed by atoms with Crippen molar-refractivity contribution in [3.63, 3.8) is 0 Å². The van der Waals surface area contributed by atoms with Gasteiger partial charge in [0.15, 0.2) is 0 Å². The number of primary sulfonamides is 1. The van der Waals surface area contributed by atoms with Crippen LogP contribution < -0.4 is 5.14 Å². The van der Waals surface area contributed by atoms with Gasteiger partial charge >= 0.3 is 0 Å². The molecule has 1 aliphatic heterocycles. The second kappa shape index (κ2) is 7.90. The molecule has 1 aromatic carbocycles. The van der Waals surface area contributed by atoms with E-state index in [1.54, 1.807) is 7.11 Å². The van der Waals surface area contributed by atoms with Gasteiger partial charge in [0.25, 0.3) is 5.91 Å². The molecule has 23 heavy (non-hydrogen) atoms. The topological polar surface area (TPSA) is 89.7 Å². The number of piperidine rings is 1. The van der Waals surface area contributed by atoms with Crippen LogP contribution in [0, 0.1) is 0 Å². The highest BCUT2D eigenvalue weighted by molar-refractivity contribution is 7.89. The summed E-state index contributed by atoms with van der Waals surface area (Å²) >= 11 is 0. The van der Waals surface area contributed by atoms with E-state index >= 15 is 0 Å². The van der Waals surface area contributed by atoms with E-state index < -0.39 is 10.0 Å². The Labute approximate surface area is 137 Å². The summed E-state index contributed by atoms with van der Waals surface area (Å²) in [4.78, 5) is 14.6. The zero-order chi connectivity index (χ0) is 16.9. The number of ether oxygens (including phenoxy) is 1. The number of nitrogens with two attached hydrogens (primary N) is 1. The molecule has 0 radical (unpaired) electrons. The third-order valence-corrected chi connectivity index (χ3v) is 5.13. The van der Waals surface area contributed by atoms with Gasteiger partial charge in [-0.1, -0.05) is 0 Å². The molecular weight excluding hydrogens is 316 g/mol. The molecule has 0 aromatic heterocycles. The van der Waals surface area contributed by atoms with Crippen LogP contribution in [-0.2, 0) is 14.8 Å². The molecule has 0 aliphatic carbocycles. The summed E-state index contributed by atoms with van der Waals surface area (Å²) in [6, 6.07) is 6.05. The first-order chi connectivity index (χ1) is 10.9. The van der Waals surface area contributed by atoms with Gasteiger partial charge in [-0.3, -0.25) is 4.79 Å². The monoisotopic (exact) mass is 340 g/mol. The average molecular weight is 340 g/mol. The van der Waals surface area contributed by atoms with Crippen molar-refractivity contribution in [2.24, 2.45) is 5.14 Å². The van der Waals surface area contributed by atoms with Gasteiger partial charge in [-0.15, -0.1) is 0 Å². The lowest BCUT2D eigenvalue weighted by Crippen LogP contribution is -2.43. The number of nitrogens with zero attached hydrogens (tertiary/aromatic N) is 1. The van der Waals surface area contributed by atoms with Gasteiger partial charge in [-0.2, -0.15) is 0 Å². The second-order valence-corrected chi connectivity index (χ2v) is 7.41. The van der Waals surface area contributed by atoms with E-state index in [4.69, 9.17) is 9.88 Å². The van der Waals surface area contributed by atoms with E-state index in [1.807, 2.05) is 4.90 Å². The first kappa shape index (κ1) is 17.9. The third kappa shape index (κ3) is 4.76. The van der Waals surface area contributed by atoms with E-state index in [1.165, 1.54) is 24.3 Å². The zero-order valence-corrected chi connectivity index (χ0v) is 14.2. The minimum atomic E-state index is -3.73. The summed E-state index contributed by atoms with van der Waals surface area (Å²) in [6.45, 7) is 1.44. The van der Waals surface area contributed by atoms with Crippen LogP contribution >= 0.6 is 0 Å². The van der Waals surface area contributed by atoms with Gasteiger partial charge in [0.1, 0.15) is 0 Å². The lowest BCUT2D eigenvalue weighted by atomic mass is 9.97. The van der Waals surface area contributed by atoms with Crippen molar-refractivity contribution in [2.45, 2.75) is 43.0 Å². The molecule has 2 N–H and O–H groups in total. The number of sulfonamides is 1. The standard InChI is InChI=1S/C16H24N2O4S/c1-22-12-4-6-14-5-2-3-11-18(14)16(19)13-7-9-15(10-8-13)23(17,20)21/h7-10,14H,2-6,11-12H2,1H3,(H2,17,20,21). The molecule has 7 heteroatoms. The summed E-state index contributed by atoms with van der Waals surface area (Å²) in [5.74, 6) is -0.0481. The van der Waals surface area contributed by atoms with Gasteiger partial charge in [0, 0.05) is 31.9 Å². The lowest BCUT2D eigenvalue weighted by Gasteiger charge is -2.36. The minimum Gasteiger partial charge on any atom is -0.385 e. The molecule has 2 rings (SSSR count). The van der Waals surface area contributed by atoms with Gasteiger partial charge in [-0.05, 0) is 56.4 Å². The Balaban J connectivity index is 2.10. The van der Waals surface area contributed by atoms with E-state index in [9.17, 15) is 13.2 Å². The summed E-state index contributed by atoms with van der Waals surface area (Å²) < 4.78 is 27.7. The van der Waals surface area contributed by atoms with Crippen LogP contribution in [0.1, 0.15) is 42.5 Å². The fourth-order valence-electron chi connectivity index (χ4n) is 2.98. The Morgan fingerprint density at radius 2 is 2.00 bits per heavy atom. The normalized spacial score (nSPS) is 18.9. The highest BCUT2D eigenvalue weighted by Crippen LogP contribution is 2.23. The third-order valence-electron chi connectivity index (χ3n) is 4.20. The zero-order valence-electron chi connectivity index (χ0n) is 13.4. The van der Waals surface area contributed by atoms with E-state index in [-0.39, 0.29) is 16.8 Å². The minimum absolute atomic E-state index is 0.0179. The fourth-order valence-corrected chi connectivity index (χ4v) is 3.50. The summed E-state index contributed by atoms with van der Waals surface area (Å²) in [6.07, 6.45) is 4.99. The number of rotatable bonds is 6. The number of hydrogen-bond donors (Lipinski definition) is 1. The van der Waals surface area contributed by atoms with Crippen molar-refractivity contribution in [3.8, 4) is 0 Å². The summed E-state index contributed by atoms with van der Waals surface area (Å²) in [5.41, 5.74) is 0.496. The Morgan fingerprint density at radius 3 is 2.61 bits per heavy atom. The van der Waals surface area contributed by atoms with Crippen molar-refractivity contribution < 1.29 is 17.9 Å². The van der Waals surface area contributed by atoms with Crippen molar-refractivity contribution in [1.82, 2.24) is 4.90 Å². The predicted octanol–water partition coefficient (Wildman–Crippen LogP) is 1.76.